The standard InChI is InChI=1S/C16H26N2/c1-4-14-8-9-17-15(11-14)12-18(3)16-7-5-6-13(2)10-16/h5-7,10,14-15,17H,4,8-9,11-12H2,1-3H3. The molecule has 1 aliphatic heterocycles. The van der Waals surface area contributed by atoms with Crippen molar-refractivity contribution in [3.8, 4) is 0 Å². The van der Waals surface area contributed by atoms with Crippen LogP contribution in [0.1, 0.15) is 31.7 Å². The highest BCUT2D eigenvalue weighted by molar-refractivity contribution is 5.47. The van der Waals surface area contributed by atoms with Gasteiger partial charge in [0.1, 0.15) is 0 Å². The number of aryl methyl sites for hydroxylation is 1. The van der Waals surface area contributed by atoms with Gasteiger partial charge < -0.3 is 10.2 Å². The smallest absolute Gasteiger partial charge is 0.0366 e. The molecule has 1 aliphatic rings. The van der Waals surface area contributed by atoms with Crippen LogP contribution in [-0.2, 0) is 0 Å². The molecule has 2 rings (SSSR count). The van der Waals surface area contributed by atoms with Crippen LogP contribution in [0, 0.1) is 12.8 Å². The van der Waals surface area contributed by atoms with Crippen LogP contribution in [-0.4, -0.2) is 26.2 Å². The van der Waals surface area contributed by atoms with Crippen molar-refractivity contribution >= 4 is 5.69 Å². The van der Waals surface area contributed by atoms with Gasteiger partial charge in [-0.25, -0.2) is 0 Å². The molecule has 0 bridgehead atoms. The van der Waals surface area contributed by atoms with Crippen molar-refractivity contribution in [1.29, 1.82) is 0 Å². The molecule has 2 atom stereocenters. The Morgan fingerprint density at radius 3 is 2.94 bits per heavy atom. The van der Waals surface area contributed by atoms with Gasteiger partial charge in [-0.15, -0.1) is 0 Å². The Balaban J connectivity index is 1.92. The van der Waals surface area contributed by atoms with Crippen LogP contribution >= 0.6 is 0 Å². The van der Waals surface area contributed by atoms with Gasteiger partial charge in [0.2, 0.25) is 0 Å². The average Bonchev–Trinajstić information content (AvgIpc) is 2.39. The first-order valence-electron chi connectivity index (χ1n) is 7.20. The lowest BCUT2D eigenvalue weighted by Crippen LogP contribution is -2.45. The van der Waals surface area contributed by atoms with E-state index in [1.165, 1.54) is 37.1 Å². The van der Waals surface area contributed by atoms with Crippen molar-refractivity contribution in [2.75, 3.05) is 25.0 Å². The molecule has 18 heavy (non-hydrogen) atoms. The number of hydrogen-bond donors (Lipinski definition) is 1. The second-order valence-corrected chi connectivity index (χ2v) is 5.67. The largest absolute Gasteiger partial charge is 0.373 e. The summed E-state index contributed by atoms with van der Waals surface area (Å²) in [6, 6.07) is 9.41. The number of nitrogens with zero attached hydrogens (tertiary/aromatic N) is 1. The number of rotatable bonds is 4. The minimum absolute atomic E-state index is 0.647. The maximum Gasteiger partial charge on any atom is 0.0366 e. The second-order valence-electron chi connectivity index (χ2n) is 5.67. The van der Waals surface area contributed by atoms with E-state index in [4.69, 9.17) is 0 Å². The maximum absolute atomic E-state index is 3.66. The maximum atomic E-state index is 3.66. The van der Waals surface area contributed by atoms with Crippen LogP contribution in [0.25, 0.3) is 0 Å². The predicted molar refractivity (Wildman–Crippen MR) is 79.3 cm³/mol. The summed E-state index contributed by atoms with van der Waals surface area (Å²) in [6.45, 7) is 6.77. The fourth-order valence-corrected chi connectivity index (χ4v) is 2.91. The van der Waals surface area contributed by atoms with Crippen LogP contribution in [0.15, 0.2) is 24.3 Å². The Labute approximate surface area is 111 Å². The van der Waals surface area contributed by atoms with Gasteiger partial charge in [0.15, 0.2) is 0 Å². The summed E-state index contributed by atoms with van der Waals surface area (Å²) in [5, 5.41) is 3.66. The van der Waals surface area contributed by atoms with Gasteiger partial charge in [0.05, 0.1) is 0 Å². The second kappa shape index (κ2) is 6.24. The lowest BCUT2D eigenvalue weighted by Gasteiger charge is -2.33. The number of hydrogen-bond acceptors (Lipinski definition) is 2. The molecule has 0 radical (unpaired) electrons. The molecule has 2 nitrogen and oxygen atoms in total. The van der Waals surface area contributed by atoms with Crippen molar-refractivity contribution in [1.82, 2.24) is 5.32 Å². The molecule has 0 aliphatic carbocycles. The van der Waals surface area contributed by atoms with E-state index < -0.39 is 0 Å². The first-order valence-corrected chi connectivity index (χ1v) is 7.20. The van der Waals surface area contributed by atoms with E-state index >= 15 is 0 Å². The topological polar surface area (TPSA) is 15.3 Å². The van der Waals surface area contributed by atoms with E-state index in [0.717, 1.165) is 12.5 Å². The van der Waals surface area contributed by atoms with E-state index in [2.05, 4.69) is 55.4 Å². The van der Waals surface area contributed by atoms with E-state index in [-0.39, 0.29) is 0 Å². The summed E-state index contributed by atoms with van der Waals surface area (Å²) in [5.41, 5.74) is 2.66. The van der Waals surface area contributed by atoms with E-state index in [0.29, 0.717) is 6.04 Å². The lowest BCUT2D eigenvalue weighted by molar-refractivity contribution is 0.297. The highest BCUT2D eigenvalue weighted by Crippen LogP contribution is 2.21. The number of likely N-dealkylation sites (N-methyl/N-ethyl adjacent to an activating group) is 1. The van der Waals surface area contributed by atoms with Crippen LogP contribution in [0.5, 0.6) is 0 Å². The molecular weight excluding hydrogens is 220 g/mol. The quantitative estimate of drug-likeness (QED) is 0.877. The van der Waals surface area contributed by atoms with Crippen LogP contribution in [0.4, 0.5) is 5.69 Å². The lowest BCUT2D eigenvalue weighted by atomic mass is 9.90. The molecule has 100 valence electrons. The molecule has 2 unspecified atom stereocenters. The molecule has 1 fully saturated rings. The Morgan fingerprint density at radius 2 is 2.22 bits per heavy atom. The van der Waals surface area contributed by atoms with Crippen LogP contribution in [0.3, 0.4) is 0 Å². The summed E-state index contributed by atoms with van der Waals surface area (Å²) in [7, 11) is 2.20. The molecule has 0 spiro atoms. The normalized spacial score (nSPS) is 23.9. The fourth-order valence-electron chi connectivity index (χ4n) is 2.91. The first kappa shape index (κ1) is 13.4. The predicted octanol–water partition coefficient (Wildman–Crippen LogP) is 3.21. The molecule has 1 N–H and O–H groups in total. The number of nitrogens with one attached hydrogen (secondary N) is 1. The van der Waals surface area contributed by atoms with Crippen LogP contribution in [0.2, 0.25) is 0 Å². The summed E-state index contributed by atoms with van der Waals surface area (Å²) in [4.78, 5) is 2.38. The molecule has 2 heteroatoms. The third-order valence-corrected chi connectivity index (χ3v) is 4.12. The zero-order valence-electron chi connectivity index (χ0n) is 11.9. The molecular formula is C16H26N2. The molecule has 1 aromatic carbocycles. The third kappa shape index (κ3) is 3.49. The van der Waals surface area contributed by atoms with E-state index in [1.54, 1.807) is 0 Å². The highest BCUT2D eigenvalue weighted by atomic mass is 15.1. The van der Waals surface area contributed by atoms with E-state index in [9.17, 15) is 0 Å². The zero-order valence-corrected chi connectivity index (χ0v) is 11.9. The van der Waals surface area contributed by atoms with Crippen molar-refractivity contribution in [2.24, 2.45) is 5.92 Å². The van der Waals surface area contributed by atoms with Crippen molar-refractivity contribution in [3.63, 3.8) is 0 Å². The molecule has 0 aromatic heterocycles. The Kier molecular flexibility index (Phi) is 4.65. The monoisotopic (exact) mass is 246 g/mol. The van der Waals surface area contributed by atoms with Crippen molar-refractivity contribution in [3.05, 3.63) is 29.8 Å². The Bertz CT molecular complexity index is 375. The van der Waals surface area contributed by atoms with Gasteiger partial charge in [-0.05, 0) is 49.9 Å². The molecule has 1 heterocycles. The van der Waals surface area contributed by atoms with Crippen LogP contribution < -0.4 is 10.2 Å². The van der Waals surface area contributed by atoms with Gasteiger partial charge in [0, 0.05) is 25.3 Å². The Morgan fingerprint density at radius 1 is 1.39 bits per heavy atom. The molecule has 1 aromatic rings. The number of anilines is 1. The third-order valence-electron chi connectivity index (χ3n) is 4.12. The Hall–Kier alpha value is -1.02. The first-order chi connectivity index (χ1) is 8.69. The molecule has 0 saturated carbocycles. The summed E-state index contributed by atoms with van der Waals surface area (Å²) < 4.78 is 0. The van der Waals surface area contributed by atoms with Gasteiger partial charge in [-0.1, -0.05) is 25.5 Å². The van der Waals surface area contributed by atoms with E-state index in [1.807, 2.05) is 0 Å². The summed E-state index contributed by atoms with van der Waals surface area (Å²) in [5.74, 6) is 0.919. The van der Waals surface area contributed by atoms with Gasteiger partial charge in [0.25, 0.3) is 0 Å². The van der Waals surface area contributed by atoms with Gasteiger partial charge in [-0.2, -0.15) is 0 Å². The molecule has 0 amide bonds. The highest BCUT2D eigenvalue weighted by Gasteiger charge is 2.21. The summed E-state index contributed by atoms with van der Waals surface area (Å²) in [6.07, 6.45) is 4.00. The number of benzene rings is 1. The number of piperidine rings is 1. The van der Waals surface area contributed by atoms with Gasteiger partial charge >= 0.3 is 0 Å². The minimum atomic E-state index is 0.647. The fraction of sp³-hybridized carbons (Fsp3) is 0.625. The zero-order chi connectivity index (χ0) is 13.0. The SMILES string of the molecule is CCC1CCNC(CN(C)c2cccc(C)c2)C1. The van der Waals surface area contributed by atoms with Gasteiger partial charge in [-0.3, -0.25) is 0 Å². The van der Waals surface area contributed by atoms with Crippen molar-refractivity contribution < 1.29 is 0 Å². The summed E-state index contributed by atoms with van der Waals surface area (Å²) >= 11 is 0. The van der Waals surface area contributed by atoms with Crippen molar-refractivity contribution in [2.45, 2.75) is 39.2 Å². The average molecular weight is 246 g/mol. The molecule has 1 saturated heterocycles. The minimum Gasteiger partial charge on any atom is -0.373 e.